The molecule has 7 heteroatoms. The number of halogens is 1. The Bertz CT molecular complexity index is 875. The fourth-order valence-electron chi connectivity index (χ4n) is 2.34. The van der Waals surface area contributed by atoms with Crippen molar-refractivity contribution in [3.05, 3.63) is 65.5 Å². The van der Waals surface area contributed by atoms with Gasteiger partial charge in [-0.15, -0.1) is 0 Å². The molecule has 0 saturated carbocycles. The van der Waals surface area contributed by atoms with Crippen LogP contribution in [0.5, 0.6) is 0 Å². The fraction of sp³-hybridized carbons (Fsp3) is 0.238. The van der Waals surface area contributed by atoms with Crippen molar-refractivity contribution in [3.8, 4) is 0 Å². The summed E-state index contributed by atoms with van der Waals surface area (Å²) < 4.78 is 17.9. The largest absolute Gasteiger partial charge is 0.453 e. The molecule has 0 spiro atoms. The lowest BCUT2D eigenvalue weighted by molar-refractivity contribution is -0.153. The van der Waals surface area contributed by atoms with Crippen molar-refractivity contribution >= 4 is 29.1 Å². The first-order valence-electron chi connectivity index (χ1n) is 8.66. The second-order valence-electron chi connectivity index (χ2n) is 6.18. The Morgan fingerprint density at radius 2 is 1.50 bits per heavy atom. The highest BCUT2D eigenvalue weighted by molar-refractivity contribution is 5.99. The van der Waals surface area contributed by atoms with Gasteiger partial charge in [-0.3, -0.25) is 19.2 Å². The highest BCUT2D eigenvalue weighted by Crippen LogP contribution is 2.12. The van der Waals surface area contributed by atoms with Crippen molar-refractivity contribution in [1.82, 2.24) is 0 Å². The number of amides is 1. The summed E-state index contributed by atoms with van der Waals surface area (Å²) in [6.45, 7) is 2.86. The predicted molar refractivity (Wildman–Crippen MR) is 101 cm³/mol. The smallest absolute Gasteiger partial charge is 0.307 e. The maximum Gasteiger partial charge on any atom is 0.307 e. The number of rotatable bonds is 8. The average molecular weight is 385 g/mol. The molecule has 0 aromatic heterocycles. The van der Waals surface area contributed by atoms with Gasteiger partial charge in [0.05, 0.1) is 6.42 Å². The van der Waals surface area contributed by atoms with E-state index in [2.05, 4.69) is 5.32 Å². The molecule has 0 unspecified atom stereocenters. The zero-order chi connectivity index (χ0) is 20.7. The van der Waals surface area contributed by atoms with E-state index in [4.69, 9.17) is 4.74 Å². The van der Waals surface area contributed by atoms with Crippen LogP contribution in [0, 0.1) is 5.82 Å². The van der Waals surface area contributed by atoms with E-state index in [-0.39, 0.29) is 24.4 Å². The van der Waals surface area contributed by atoms with Crippen LogP contribution in [0.15, 0.2) is 48.5 Å². The maximum absolute atomic E-state index is 12.9. The molecule has 1 N–H and O–H groups in total. The highest BCUT2D eigenvalue weighted by atomic mass is 19.1. The van der Waals surface area contributed by atoms with Gasteiger partial charge in [0.2, 0.25) is 0 Å². The van der Waals surface area contributed by atoms with E-state index < -0.39 is 23.8 Å². The normalized spacial score (nSPS) is 11.4. The van der Waals surface area contributed by atoms with Crippen molar-refractivity contribution in [1.29, 1.82) is 0 Å². The number of hydrogen-bond acceptors (Lipinski definition) is 5. The van der Waals surface area contributed by atoms with Gasteiger partial charge >= 0.3 is 5.97 Å². The minimum Gasteiger partial charge on any atom is -0.453 e. The Kier molecular flexibility index (Phi) is 7.14. The first kappa shape index (κ1) is 21.0. The molecule has 0 saturated heterocycles. The first-order chi connectivity index (χ1) is 13.3. The molecule has 28 heavy (non-hydrogen) atoms. The Labute approximate surface area is 161 Å². The molecule has 0 fully saturated rings. The van der Waals surface area contributed by atoms with Crippen LogP contribution >= 0.6 is 0 Å². The standard InChI is InChI=1S/C21H20FNO5/c1-13(24)15-5-9-18(10-6-15)23-21(27)14(2)28-20(26)12-11-19(25)16-3-7-17(22)8-4-16/h3-10,14H,11-12H2,1-2H3,(H,23,27)/t14-/m0/s1. The van der Waals surface area contributed by atoms with Crippen LogP contribution < -0.4 is 5.32 Å². The molecule has 0 aliphatic rings. The molecule has 2 aromatic carbocycles. The molecule has 1 amide bonds. The van der Waals surface area contributed by atoms with Crippen molar-refractivity contribution < 1.29 is 28.3 Å². The highest BCUT2D eigenvalue weighted by Gasteiger charge is 2.19. The van der Waals surface area contributed by atoms with E-state index in [0.717, 1.165) is 0 Å². The number of anilines is 1. The van der Waals surface area contributed by atoms with Crippen molar-refractivity contribution in [2.75, 3.05) is 5.32 Å². The predicted octanol–water partition coefficient (Wildman–Crippen LogP) is 3.56. The van der Waals surface area contributed by atoms with Gasteiger partial charge in [0.15, 0.2) is 17.7 Å². The van der Waals surface area contributed by atoms with E-state index in [0.29, 0.717) is 16.8 Å². The van der Waals surface area contributed by atoms with Crippen LogP contribution in [0.1, 0.15) is 47.4 Å². The lowest BCUT2D eigenvalue weighted by Crippen LogP contribution is -2.30. The molecule has 0 aliphatic heterocycles. The summed E-state index contributed by atoms with van der Waals surface area (Å²) in [5.74, 6) is -2.08. The molecule has 146 valence electrons. The van der Waals surface area contributed by atoms with Gasteiger partial charge in [-0.25, -0.2) is 4.39 Å². The minimum absolute atomic E-state index is 0.0876. The summed E-state index contributed by atoms with van der Waals surface area (Å²) in [4.78, 5) is 47.2. The molecule has 0 radical (unpaired) electrons. The second kappa shape index (κ2) is 9.55. The van der Waals surface area contributed by atoms with Crippen molar-refractivity contribution in [2.45, 2.75) is 32.8 Å². The van der Waals surface area contributed by atoms with E-state index in [1.165, 1.54) is 38.1 Å². The van der Waals surface area contributed by atoms with E-state index in [9.17, 15) is 23.6 Å². The molecule has 0 heterocycles. The molecule has 1 atom stereocenters. The molecule has 0 bridgehead atoms. The lowest BCUT2D eigenvalue weighted by Gasteiger charge is -2.13. The SMILES string of the molecule is CC(=O)c1ccc(NC(=O)[C@H](C)OC(=O)CCC(=O)c2ccc(F)cc2)cc1. The summed E-state index contributed by atoms with van der Waals surface area (Å²) >= 11 is 0. The topological polar surface area (TPSA) is 89.5 Å². The molecular weight excluding hydrogens is 365 g/mol. The van der Waals surface area contributed by atoms with Crippen LogP contribution in [0.4, 0.5) is 10.1 Å². The van der Waals surface area contributed by atoms with Crippen LogP contribution in [0.3, 0.4) is 0 Å². The van der Waals surface area contributed by atoms with Crippen LogP contribution in [0.25, 0.3) is 0 Å². The summed E-state index contributed by atoms with van der Waals surface area (Å²) in [6, 6.07) is 11.3. The van der Waals surface area contributed by atoms with E-state index in [1.54, 1.807) is 24.3 Å². The van der Waals surface area contributed by atoms with Gasteiger partial charge in [0.1, 0.15) is 5.82 Å². The summed E-state index contributed by atoms with van der Waals surface area (Å²) in [5.41, 5.74) is 1.28. The number of carbonyl (C=O) groups is 4. The number of benzene rings is 2. The number of nitrogens with one attached hydrogen (secondary N) is 1. The number of hydrogen-bond donors (Lipinski definition) is 1. The van der Waals surface area contributed by atoms with Crippen LogP contribution in [-0.2, 0) is 14.3 Å². The number of carbonyl (C=O) groups excluding carboxylic acids is 4. The third-order valence-electron chi connectivity index (χ3n) is 3.96. The van der Waals surface area contributed by atoms with Gasteiger partial charge in [0, 0.05) is 23.2 Å². The van der Waals surface area contributed by atoms with Crippen LogP contribution in [0.2, 0.25) is 0 Å². The number of esters is 1. The van der Waals surface area contributed by atoms with Gasteiger partial charge in [-0.2, -0.15) is 0 Å². The Morgan fingerprint density at radius 1 is 0.929 bits per heavy atom. The van der Waals surface area contributed by atoms with Gasteiger partial charge < -0.3 is 10.1 Å². The fourth-order valence-corrected chi connectivity index (χ4v) is 2.34. The lowest BCUT2D eigenvalue weighted by atomic mass is 10.1. The average Bonchev–Trinajstić information content (AvgIpc) is 2.67. The van der Waals surface area contributed by atoms with Gasteiger partial charge in [-0.1, -0.05) is 0 Å². The molecule has 0 aliphatic carbocycles. The Balaban J connectivity index is 1.80. The minimum atomic E-state index is -1.05. The zero-order valence-corrected chi connectivity index (χ0v) is 15.5. The Morgan fingerprint density at radius 3 is 2.07 bits per heavy atom. The van der Waals surface area contributed by atoms with Gasteiger partial charge in [-0.05, 0) is 62.4 Å². The quantitative estimate of drug-likeness (QED) is 0.554. The number of ketones is 2. The van der Waals surface area contributed by atoms with Crippen LogP contribution in [-0.4, -0.2) is 29.5 Å². The first-order valence-corrected chi connectivity index (χ1v) is 8.66. The molecule has 2 rings (SSSR count). The van der Waals surface area contributed by atoms with Crippen molar-refractivity contribution in [2.24, 2.45) is 0 Å². The zero-order valence-electron chi connectivity index (χ0n) is 15.5. The summed E-state index contributed by atoms with van der Waals surface area (Å²) in [7, 11) is 0. The Hall–Kier alpha value is -3.35. The monoisotopic (exact) mass is 385 g/mol. The van der Waals surface area contributed by atoms with Gasteiger partial charge in [0.25, 0.3) is 5.91 Å². The summed E-state index contributed by atoms with van der Waals surface area (Å²) in [5, 5.41) is 2.58. The molecule has 2 aromatic rings. The second-order valence-corrected chi connectivity index (χ2v) is 6.18. The third kappa shape index (κ3) is 6.12. The number of Topliss-reactive ketones (excluding diaryl/α,β-unsaturated/α-hetero) is 2. The molecular formula is C21H20FNO5. The summed E-state index contributed by atoms with van der Waals surface area (Å²) in [6.07, 6.45) is -1.35. The van der Waals surface area contributed by atoms with Crippen molar-refractivity contribution in [3.63, 3.8) is 0 Å². The maximum atomic E-state index is 12.9. The van der Waals surface area contributed by atoms with E-state index in [1.807, 2.05) is 0 Å². The number of ether oxygens (including phenoxy) is 1. The third-order valence-corrected chi connectivity index (χ3v) is 3.96. The van der Waals surface area contributed by atoms with E-state index >= 15 is 0 Å². The molecule has 6 nitrogen and oxygen atoms in total.